The Kier molecular flexibility index (Phi) is 7.47. The van der Waals surface area contributed by atoms with Crippen molar-refractivity contribution in [2.75, 3.05) is 26.8 Å². The standard InChI is InChI=1S/C26H30N2O6/c1-33-23(25(31)28-14-6-7-17(28)15-24(29)30)12-13-27-26(32)34-16-22-20-10-4-2-8-18(20)19-9-3-5-11-21(19)22/h2-5,8-11,17,22-23H,6-7,12-16H2,1H3,(H,27,32)(H,29,30)/t17-,23?/m1/s1. The van der Waals surface area contributed by atoms with Crippen LogP contribution in [-0.2, 0) is 19.1 Å². The number of carbonyl (C=O) groups is 3. The molecule has 0 radical (unpaired) electrons. The lowest BCUT2D eigenvalue weighted by molar-refractivity contribution is -0.145. The van der Waals surface area contributed by atoms with Gasteiger partial charge >= 0.3 is 12.1 Å². The number of methoxy groups -OCH3 is 1. The van der Waals surface area contributed by atoms with Gasteiger partial charge in [-0.05, 0) is 35.1 Å². The zero-order chi connectivity index (χ0) is 24.1. The minimum absolute atomic E-state index is 0.0206. The highest BCUT2D eigenvalue weighted by Crippen LogP contribution is 2.44. The molecule has 2 N–H and O–H groups in total. The maximum atomic E-state index is 12.8. The molecule has 0 aromatic heterocycles. The summed E-state index contributed by atoms with van der Waals surface area (Å²) in [4.78, 5) is 37.9. The van der Waals surface area contributed by atoms with Gasteiger partial charge in [0.1, 0.15) is 12.7 Å². The van der Waals surface area contributed by atoms with Crippen LogP contribution < -0.4 is 5.32 Å². The molecule has 1 heterocycles. The van der Waals surface area contributed by atoms with E-state index in [9.17, 15) is 14.4 Å². The zero-order valence-corrected chi connectivity index (χ0v) is 19.2. The number of ether oxygens (including phenoxy) is 2. The predicted octanol–water partition coefficient (Wildman–Crippen LogP) is 3.40. The average Bonchev–Trinajstić information content (AvgIpc) is 3.42. The number of amides is 2. The van der Waals surface area contributed by atoms with Crippen molar-refractivity contribution in [3.8, 4) is 11.1 Å². The first kappa shape index (κ1) is 23.8. The number of carbonyl (C=O) groups excluding carboxylic acids is 2. The van der Waals surface area contributed by atoms with Gasteiger partial charge in [-0.3, -0.25) is 9.59 Å². The summed E-state index contributed by atoms with van der Waals surface area (Å²) in [6.45, 7) is 0.950. The maximum Gasteiger partial charge on any atom is 0.407 e. The largest absolute Gasteiger partial charge is 0.481 e. The minimum atomic E-state index is -0.921. The summed E-state index contributed by atoms with van der Waals surface area (Å²) in [5.41, 5.74) is 4.61. The van der Waals surface area contributed by atoms with Crippen molar-refractivity contribution in [1.82, 2.24) is 10.2 Å². The van der Waals surface area contributed by atoms with Crippen molar-refractivity contribution >= 4 is 18.0 Å². The van der Waals surface area contributed by atoms with Crippen LogP contribution in [0.2, 0.25) is 0 Å². The summed E-state index contributed by atoms with van der Waals surface area (Å²) in [5.74, 6) is -1.18. The Balaban J connectivity index is 1.27. The molecule has 34 heavy (non-hydrogen) atoms. The lowest BCUT2D eigenvalue weighted by atomic mass is 9.98. The number of fused-ring (bicyclic) bond motifs is 3. The Morgan fingerprint density at radius 1 is 1.09 bits per heavy atom. The minimum Gasteiger partial charge on any atom is -0.481 e. The summed E-state index contributed by atoms with van der Waals surface area (Å²) in [7, 11) is 1.44. The molecule has 1 aliphatic heterocycles. The number of nitrogens with one attached hydrogen (secondary N) is 1. The Labute approximate surface area is 198 Å². The topological polar surface area (TPSA) is 105 Å². The van der Waals surface area contributed by atoms with Gasteiger partial charge in [-0.1, -0.05) is 48.5 Å². The average molecular weight is 467 g/mol. The van der Waals surface area contributed by atoms with Crippen molar-refractivity contribution in [2.45, 2.75) is 43.7 Å². The molecule has 180 valence electrons. The fraction of sp³-hybridized carbons (Fsp3) is 0.423. The SMILES string of the molecule is COC(CCNC(=O)OCC1c2ccccc2-c2ccccc21)C(=O)N1CCC[C@@H]1CC(=O)O. The molecule has 8 heteroatoms. The first-order chi connectivity index (χ1) is 16.5. The van der Waals surface area contributed by atoms with Gasteiger partial charge in [0.15, 0.2) is 0 Å². The highest BCUT2D eigenvalue weighted by molar-refractivity contribution is 5.82. The van der Waals surface area contributed by atoms with E-state index in [1.165, 1.54) is 7.11 Å². The highest BCUT2D eigenvalue weighted by Gasteiger charge is 2.34. The van der Waals surface area contributed by atoms with Crippen LogP contribution in [0.15, 0.2) is 48.5 Å². The van der Waals surface area contributed by atoms with Crippen molar-refractivity contribution in [1.29, 1.82) is 0 Å². The Morgan fingerprint density at radius 3 is 2.35 bits per heavy atom. The highest BCUT2D eigenvalue weighted by atomic mass is 16.5. The number of aliphatic carboxylic acids is 1. The van der Waals surface area contributed by atoms with Crippen LogP contribution in [0.3, 0.4) is 0 Å². The Hall–Kier alpha value is -3.39. The predicted molar refractivity (Wildman–Crippen MR) is 125 cm³/mol. The lowest BCUT2D eigenvalue weighted by Gasteiger charge is -2.27. The molecular weight excluding hydrogens is 436 g/mol. The molecule has 4 rings (SSSR count). The van der Waals surface area contributed by atoms with Gasteiger partial charge in [0, 0.05) is 38.6 Å². The maximum absolute atomic E-state index is 12.8. The summed E-state index contributed by atoms with van der Waals surface area (Å²) in [5, 5.41) is 11.8. The number of benzene rings is 2. The van der Waals surface area contributed by atoms with Crippen LogP contribution >= 0.6 is 0 Å². The molecule has 0 bridgehead atoms. The second-order valence-electron chi connectivity index (χ2n) is 8.69. The molecule has 1 unspecified atom stereocenters. The fourth-order valence-electron chi connectivity index (χ4n) is 5.02. The van der Waals surface area contributed by atoms with Crippen LogP contribution in [0.4, 0.5) is 4.79 Å². The van der Waals surface area contributed by atoms with Crippen LogP contribution in [-0.4, -0.2) is 66.9 Å². The second-order valence-corrected chi connectivity index (χ2v) is 8.69. The zero-order valence-electron chi connectivity index (χ0n) is 19.2. The molecule has 2 amide bonds. The van der Waals surface area contributed by atoms with E-state index in [1.54, 1.807) is 4.90 Å². The van der Waals surface area contributed by atoms with Gasteiger partial charge in [0.25, 0.3) is 5.91 Å². The van der Waals surface area contributed by atoms with Crippen LogP contribution in [0.25, 0.3) is 11.1 Å². The van der Waals surface area contributed by atoms with Gasteiger partial charge < -0.3 is 24.8 Å². The van der Waals surface area contributed by atoms with Gasteiger partial charge in [-0.25, -0.2) is 4.79 Å². The number of alkyl carbamates (subject to hydrolysis) is 1. The quantitative estimate of drug-likeness (QED) is 0.587. The van der Waals surface area contributed by atoms with E-state index in [2.05, 4.69) is 29.6 Å². The van der Waals surface area contributed by atoms with Gasteiger partial charge in [0.05, 0.1) is 6.42 Å². The van der Waals surface area contributed by atoms with E-state index in [1.807, 2.05) is 24.3 Å². The second kappa shape index (κ2) is 10.7. The molecule has 0 spiro atoms. The third-order valence-corrected chi connectivity index (χ3v) is 6.65. The number of rotatable bonds is 9. The third-order valence-electron chi connectivity index (χ3n) is 6.65. The first-order valence-electron chi connectivity index (χ1n) is 11.6. The Bertz CT molecular complexity index is 1010. The number of nitrogens with zero attached hydrogens (tertiary/aromatic N) is 1. The Morgan fingerprint density at radius 2 is 1.74 bits per heavy atom. The van der Waals surface area contributed by atoms with Crippen LogP contribution in [0.1, 0.15) is 42.7 Å². The number of carboxylic acid groups (broad SMARTS) is 1. The normalized spacial score (nSPS) is 17.7. The van der Waals surface area contributed by atoms with Crippen molar-refractivity contribution in [3.05, 3.63) is 59.7 Å². The molecular formula is C26H30N2O6. The van der Waals surface area contributed by atoms with Gasteiger partial charge in [-0.2, -0.15) is 0 Å². The molecule has 2 aromatic rings. The number of hydrogen-bond acceptors (Lipinski definition) is 5. The van der Waals surface area contributed by atoms with Gasteiger partial charge in [-0.15, -0.1) is 0 Å². The monoisotopic (exact) mass is 466 g/mol. The van der Waals surface area contributed by atoms with Crippen LogP contribution in [0.5, 0.6) is 0 Å². The number of likely N-dealkylation sites (tertiary alicyclic amines) is 1. The first-order valence-corrected chi connectivity index (χ1v) is 11.6. The summed E-state index contributed by atoms with van der Waals surface area (Å²) in [6.07, 6.45) is 0.359. The van der Waals surface area contributed by atoms with E-state index in [0.29, 0.717) is 13.0 Å². The molecule has 1 aliphatic carbocycles. The smallest absolute Gasteiger partial charge is 0.407 e. The van der Waals surface area contributed by atoms with E-state index in [0.717, 1.165) is 28.7 Å². The molecule has 2 aromatic carbocycles. The molecule has 0 saturated carbocycles. The summed E-state index contributed by atoms with van der Waals surface area (Å²) < 4.78 is 10.9. The van der Waals surface area contributed by atoms with Crippen molar-refractivity contribution < 1.29 is 29.0 Å². The lowest BCUT2D eigenvalue weighted by Crippen LogP contribution is -2.44. The molecule has 2 atom stereocenters. The third kappa shape index (κ3) is 5.07. The fourth-order valence-corrected chi connectivity index (χ4v) is 5.02. The molecule has 1 saturated heterocycles. The van der Waals surface area contributed by atoms with Crippen molar-refractivity contribution in [2.24, 2.45) is 0 Å². The van der Waals surface area contributed by atoms with E-state index in [4.69, 9.17) is 14.6 Å². The number of carboxylic acids is 1. The van der Waals surface area contributed by atoms with Crippen molar-refractivity contribution in [3.63, 3.8) is 0 Å². The summed E-state index contributed by atoms with van der Waals surface area (Å²) in [6, 6.07) is 16.0. The van der Waals surface area contributed by atoms with Crippen LogP contribution in [0, 0.1) is 0 Å². The van der Waals surface area contributed by atoms with Gasteiger partial charge in [0.2, 0.25) is 0 Å². The summed E-state index contributed by atoms with van der Waals surface area (Å²) >= 11 is 0. The molecule has 8 nitrogen and oxygen atoms in total. The van der Waals surface area contributed by atoms with E-state index < -0.39 is 18.2 Å². The number of hydrogen-bond donors (Lipinski definition) is 2. The van der Waals surface area contributed by atoms with E-state index in [-0.39, 0.29) is 43.9 Å². The molecule has 1 fully saturated rings. The molecule has 2 aliphatic rings. The van der Waals surface area contributed by atoms with E-state index >= 15 is 0 Å².